The van der Waals surface area contributed by atoms with Gasteiger partial charge in [0.1, 0.15) is 5.78 Å². The Kier molecular flexibility index (Phi) is 5.88. The van der Waals surface area contributed by atoms with E-state index in [2.05, 4.69) is 34.6 Å². The monoisotopic (exact) mass is 252 g/mol. The first-order valence-corrected chi connectivity index (χ1v) is 7.87. The van der Waals surface area contributed by atoms with Gasteiger partial charge < -0.3 is 0 Å². The van der Waals surface area contributed by atoms with Crippen molar-refractivity contribution in [3.8, 4) is 0 Å². The van der Waals surface area contributed by atoms with Crippen molar-refractivity contribution < 1.29 is 4.79 Å². The Bertz CT molecular complexity index is 253. The highest BCUT2D eigenvalue weighted by Gasteiger charge is 2.32. The van der Waals surface area contributed by atoms with E-state index in [1.807, 2.05) is 0 Å². The zero-order valence-corrected chi connectivity index (χ0v) is 13.1. The molecule has 0 aliphatic heterocycles. The second kappa shape index (κ2) is 6.73. The number of carbonyl (C=O) groups is 1. The van der Waals surface area contributed by atoms with E-state index < -0.39 is 0 Å². The molecule has 0 amide bonds. The number of carbonyl (C=O) groups excluding carboxylic acids is 1. The molecule has 18 heavy (non-hydrogen) atoms. The average molecular weight is 252 g/mol. The quantitative estimate of drug-likeness (QED) is 0.654. The van der Waals surface area contributed by atoms with E-state index in [0.29, 0.717) is 23.0 Å². The lowest BCUT2D eigenvalue weighted by atomic mass is 9.68. The summed E-state index contributed by atoms with van der Waals surface area (Å²) < 4.78 is 0. The van der Waals surface area contributed by atoms with Crippen LogP contribution < -0.4 is 0 Å². The molecule has 0 aromatic heterocycles. The Hall–Kier alpha value is -0.330. The van der Waals surface area contributed by atoms with Gasteiger partial charge in [-0.25, -0.2) is 0 Å². The van der Waals surface area contributed by atoms with Crippen LogP contribution in [-0.4, -0.2) is 5.78 Å². The largest absolute Gasteiger partial charge is 0.299 e. The second-order valence-corrected chi connectivity index (χ2v) is 7.48. The average Bonchev–Trinajstić information content (AvgIpc) is 2.28. The number of hydrogen-bond acceptors (Lipinski definition) is 1. The molecule has 0 saturated heterocycles. The number of hydrogen-bond donors (Lipinski definition) is 0. The van der Waals surface area contributed by atoms with Gasteiger partial charge in [0.25, 0.3) is 0 Å². The van der Waals surface area contributed by atoms with E-state index in [0.717, 1.165) is 25.2 Å². The molecule has 1 unspecified atom stereocenters. The van der Waals surface area contributed by atoms with Crippen LogP contribution >= 0.6 is 0 Å². The van der Waals surface area contributed by atoms with Crippen LogP contribution in [0.15, 0.2) is 0 Å². The Morgan fingerprint density at radius 3 is 2.17 bits per heavy atom. The summed E-state index contributed by atoms with van der Waals surface area (Å²) in [6.07, 6.45) is 8.00. The van der Waals surface area contributed by atoms with Crippen LogP contribution in [0.4, 0.5) is 0 Å². The molecule has 0 aromatic carbocycles. The van der Waals surface area contributed by atoms with Crippen molar-refractivity contribution in [3.05, 3.63) is 0 Å². The summed E-state index contributed by atoms with van der Waals surface area (Å²) in [5, 5.41) is 0. The van der Waals surface area contributed by atoms with Gasteiger partial charge in [-0.05, 0) is 42.9 Å². The third kappa shape index (κ3) is 4.74. The Balaban J connectivity index is 2.36. The molecule has 106 valence electrons. The third-order valence-corrected chi connectivity index (χ3v) is 4.74. The van der Waals surface area contributed by atoms with Crippen LogP contribution in [0.25, 0.3) is 0 Å². The van der Waals surface area contributed by atoms with Gasteiger partial charge in [-0.2, -0.15) is 0 Å². The number of Topliss-reactive ketones (excluding diaryl/α,β-unsaturated/α-hetero) is 1. The molecule has 1 atom stereocenters. The molecule has 1 aliphatic carbocycles. The van der Waals surface area contributed by atoms with Crippen LogP contribution in [0.3, 0.4) is 0 Å². The topological polar surface area (TPSA) is 17.1 Å². The minimum absolute atomic E-state index is 0.378. The van der Waals surface area contributed by atoms with E-state index in [4.69, 9.17) is 0 Å². The van der Waals surface area contributed by atoms with Crippen LogP contribution in [0.5, 0.6) is 0 Å². The minimum atomic E-state index is 0.378. The first-order chi connectivity index (χ1) is 8.34. The van der Waals surface area contributed by atoms with Crippen molar-refractivity contribution in [1.82, 2.24) is 0 Å². The summed E-state index contributed by atoms with van der Waals surface area (Å²) in [6, 6.07) is 0. The Labute approximate surface area is 114 Å². The molecule has 0 spiro atoms. The fourth-order valence-electron chi connectivity index (χ4n) is 3.39. The standard InChI is InChI=1S/C17H32O/c1-6-7-13(2)12-16(18)14-8-10-15(11-9-14)17(3,4)5/h13-15H,6-12H2,1-5H3. The van der Waals surface area contributed by atoms with Gasteiger partial charge in [-0.3, -0.25) is 4.79 Å². The lowest BCUT2D eigenvalue weighted by Crippen LogP contribution is -2.29. The molecule has 0 aromatic rings. The number of ketones is 1. The van der Waals surface area contributed by atoms with Crippen LogP contribution in [0, 0.1) is 23.2 Å². The zero-order chi connectivity index (χ0) is 13.8. The number of rotatable bonds is 5. The van der Waals surface area contributed by atoms with Crippen molar-refractivity contribution in [2.45, 2.75) is 79.6 Å². The summed E-state index contributed by atoms with van der Waals surface area (Å²) >= 11 is 0. The van der Waals surface area contributed by atoms with Crippen LogP contribution in [0.2, 0.25) is 0 Å². The van der Waals surface area contributed by atoms with Crippen molar-refractivity contribution in [3.63, 3.8) is 0 Å². The third-order valence-electron chi connectivity index (χ3n) is 4.74. The molecule has 1 rings (SSSR count). The molecule has 1 aliphatic rings. The van der Waals surface area contributed by atoms with E-state index in [1.165, 1.54) is 25.7 Å². The maximum Gasteiger partial charge on any atom is 0.136 e. The lowest BCUT2D eigenvalue weighted by Gasteiger charge is -2.36. The van der Waals surface area contributed by atoms with E-state index in [-0.39, 0.29) is 0 Å². The second-order valence-electron chi connectivity index (χ2n) is 7.48. The highest BCUT2D eigenvalue weighted by Crippen LogP contribution is 2.40. The van der Waals surface area contributed by atoms with Crippen molar-refractivity contribution in [1.29, 1.82) is 0 Å². The molecule has 0 radical (unpaired) electrons. The highest BCUT2D eigenvalue weighted by atomic mass is 16.1. The predicted molar refractivity (Wildman–Crippen MR) is 78.6 cm³/mol. The zero-order valence-electron chi connectivity index (χ0n) is 13.1. The lowest BCUT2D eigenvalue weighted by molar-refractivity contribution is -0.125. The summed E-state index contributed by atoms with van der Waals surface area (Å²) in [6.45, 7) is 11.4. The van der Waals surface area contributed by atoms with Gasteiger partial charge >= 0.3 is 0 Å². The normalized spacial score (nSPS) is 26.9. The molecule has 1 saturated carbocycles. The maximum atomic E-state index is 12.2. The van der Waals surface area contributed by atoms with E-state index in [1.54, 1.807) is 0 Å². The fraction of sp³-hybridized carbons (Fsp3) is 0.941. The smallest absolute Gasteiger partial charge is 0.136 e. The molecule has 1 nitrogen and oxygen atoms in total. The van der Waals surface area contributed by atoms with Gasteiger partial charge in [0.2, 0.25) is 0 Å². The van der Waals surface area contributed by atoms with E-state index in [9.17, 15) is 4.79 Å². The van der Waals surface area contributed by atoms with Crippen LogP contribution in [0.1, 0.15) is 79.6 Å². The van der Waals surface area contributed by atoms with Gasteiger partial charge in [-0.15, -0.1) is 0 Å². The van der Waals surface area contributed by atoms with E-state index >= 15 is 0 Å². The Morgan fingerprint density at radius 1 is 1.17 bits per heavy atom. The van der Waals surface area contributed by atoms with Gasteiger partial charge in [-0.1, -0.05) is 47.5 Å². The van der Waals surface area contributed by atoms with Crippen LogP contribution in [-0.2, 0) is 4.79 Å². The van der Waals surface area contributed by atoms with Gasteiger partial charge in [0, 0.05) is 12.3 Å². The molecule has 1 heteroatoms. The van der Waals surface area contributed by atoms with Crippen molar-refractivity contribution >= 4 is 5.78 Å². The predicted octanol–water partition coefficient (Wildman–Crippen LogP) is 5.23. The summed E-state index contributed by atoms with van der Waals surface area (Å²) in [5.41, 5.74) is 0.420. The first kappa shape index (κ1) is 15.7. The van der Waals surface area contributed by atoms with Gasteiger partial charge in [0.15, 0.2) is 0 Å². The molecular weight excluding hydrogens is 220 g/mol. The van der Waals surface area contributed by atoms with Gasteiger partial charge in [0.05, 0.1) is 0 Å². The molecular formula is C17H32O. The molecule has 0 N–H and O–H groups in total. The minimum Gasteiger partial charge on any atom is -0.299 e. The van der Waals surface area contributed by atoms with Crippen molar-refractivity contribution in [2.75, 3.05) is 0 Å². The summed E-state index contributed by atoms with van der Waals surface area (Å²) in [5.74, 6) is 2.32. The SMILES string of the molecule is CCCC(C)CC(=O)C1CCC(C(C)(C)C)CC1. The molecule has 0 heterocycles. The van der Waals surface area contributed by atoms with Crippen molar-refractivity contribution in [2.24, 2.45) is 23.2 Å². The molecule has 1 fully saturated rings. The fourth-order valence-corrected chi connectivity index (χ4v) is 3.39. The first-order valence-electron chi connectivity index (χ1n) is 7.87. The highest BCUT2D eigenvalue weighted by molar-refractivity contribution is 5.81. The summed E-state index contributed by atoms with van der Waals surface area (Å²) in [7, 11) is 0. The summed E-state index contributed by atoms with van der Waals surface area (Å²) in [4.78, 5) is 12.2. The maximum absolute atomic E-state index is 12.2. The Morgan fingerprint density at radius 2 is 1.72 bits per heavy atom. The molecule has 0 bridgehead atoms.